The zero-order valence-electron chi connectivity index (χ0n) is 14.9. The van der Waals surface area contributed by atoms with E-state index in [1.807, 2.05) is 6.07 Å². The van der Waals surface area contributed by atoms with E-state index in [4.69, 9.17) is 9.26 Å². The van der Waals surface area contributed by atoms with Crippen molar-refractivity contribution < 1.29 is 14.1 Å². The van der Waals surface area contributed by atoms with Crippen LogP contribution in [-0.2, 0) is 9.53 Å². The summed E-state index contributed by atoms with van der Waals surface area (Å²) in [7, 11) is 0. The number of likely N-dealkylation sites (tertiary alicyclic amines) is 1. The van der Waals surface area contributed by atoms with Gasteiger partial charge in [-0.2, -0.15) is 0 Å². The number of aromatic nitrogens is 1. The van der Waals surface area contributed by atoms with Crippen molar-refractivity contribution >= 4 is 5.91 Å². The summed E-state index contributed by atoms with van der Waals surface area (Å²) < 4.78 is 10.9. The van der Waals surface area contributed by atoms with E-state index in [-0.39, 0.29) is 12.0 Å². The van der Waals surface area contributed by atoms with Crippen LogP contribution in [0.15, 0.2) is 16.9 Å². The Morgan fingerprint density at radius 3 is 2.72 bits per heavy atom. The fourth-order valence-electron chi connectivity index (χ4n) is 4.67. The molecule has 0 radical (unpaired) electrons. The van der Waals surface area contributed by atoms with Gasteiger partial charge >= 0.3 is 0 Å². The SMILES string of the molecule is O=C([C@@H]1CCO[C@@H]1CC1CCNCC1)N1CCC(c2ccon2)CC1. The van der Waals surface area contributed by atoms with Crippen molar-refractivity contribution in [1.29, 1.82) is 0 Å². The molecule has 1 aromatic rings. The van der Waals surface area contributed by atoms with E-state index < -0.39 is 0 Å². The molecule has 0 bridgehead atoms. The maximum atomic E-state index is 13.0. The van der Waals surface area contributed by atoms with Gasteiger partial charge in [-0.25, -0.2) is 0 Å². The second kappa shape index (κ2) is 7.87. The van der Waals surface area contributed by atoms with Gasteiger partial charge in [-0.05, 0) is 57.5 Å². The van der Waals surface area contributed by atoms with Gasteiger partial charge in [0.15, 0.2) is 0 Å². The van der Waals surface area contributed by atoms with Crippen LogP contribution in [0.5, 0.6) is 0 Å². The van der Waals surface area contributed by atoms with Crippen molar-refractivity contribution in [3.8, 4) is 0 Å². The number of nitrogens with one attached hydrogen (secondary N) is 1. The molecular formula is C19H29N3O3. The van der Waals surface area contributed by atoms with Crippen LogP contribution >= 0.6 is 0 Å². The lowest BCUT2D eigenvalue weighted by Gasteiger charge is -2.34. The first kappa shape index (κ1) is 17.0. The molecule has 138 valence electrons. The van der Waals surface area contributed by atoms with Gasteiger partial charge in [0.1, 0.15) is 6.26 Å². The molecule has 6 nitrogen and oxygen atoms in total. The first-order valence-electron chi connectivity index (χ1n) is 9.82. The van der Waals surface area contributed by atoms with Crippen molar-refractivity contribution in [2.45, 2.75) is 50.5 Å². The number of hydrogen-bond acceptors (Lipinski definition) is 5. The molecule has 0 unspecified atom stereocenters. The fraction of sp³-hybridized carbons (Fsp3) is 0.789. The summed E-state index contributed by atoms with van der Waals surface area (Å²) in [5.74, 6) is 1.51. The Hall–Kier alpha value is -1.40. The highest BCUT2D eigenvalue weighted by Gasteiger charge is 2.39. The van der Waals surface area contributed by atoms with Gasteiger partial charge in [0.05, 0.1) is 17.7 Å². The first-order valence-corrected chi connectivity index (χ1v) is 9.82. The highest BCUT2D eigenvalue weighted by atomic mass is 16.5. The number of piperidine rings is 2. The molecule has 2 atom stereocenters. The standard InChI is InChI=1S/C19H29N3O3/c23-19(22-9-3-15(4-10-22)17-6-12-25-21-17)16-5-11-24-18(16)13-14-1-7-20-8-2-14/h6,12,14-16,18,20H,1-5,7-11,13H2/t16-,18-/m1/s1. The molecule has 4 rings (SSSR count). The normalized spacial score (nSPS) is 29.2. The lowest BCUT2D eigenvalue weighted by molar-refractivity contribution is -0.138. The molecule has 0 saturated carbocycles. The summed E-state index contributed by atoms with van der Waals surface area (Å²) in [6.07, 6.45) is 8.08. The predicted octanol–water partition coefficient (Wildman–Crippen LogP) is 2.18. The third-order valence-electron chi connectivity index (χ3n) is 6.23. The minimum atomic E-state index is 0.0680. The monoisotopic (exact) mass is 347 g/mol. The molecule has 3 fully saturated rings. The molecule has 0 aromatic carbocycles. The molecule has 3 aliphatic heterocycles. The zero-order valence-corrected chi connectivity index (χ0v) is 14.9. The fourth-order valence-corrected chi connectivity index (χ4v) is 4.67. The smallest absolute Gasteiger partial charge is 0.228 e. The largest absolute Gasteiger partial charge is 0.377 e. The van der Waals surface area contributed by atoms with E-state index in [1.54, 1.807) is 6.26 Å². The van der Waals surface area contributed by atoms with E-state index in [9.17, 15) is 4.79 Å². The average molecular weight is 347 g/mol. The molecule has 1 amide bonds. The second-order valence-electron chi connectivity index (χ2n) is 7.76. The number of nitrogens with zero attached hydrogens (tertiary/aromatic N) is 2. The highest BCUT2D eigenvalue weighted by Crippen LogP contribution is 2.33. The molecule has 1 N–H and O–H groups in total. The molecule has 3 saturated heterocycles. The summed E-state index contributed by atoms with van der Waals surface area (Å²) in [5.41, 5.74) is 1.03. The Morgan fingerprint density at radius 2 is 2.00 bits per heavy atom. The average Bonchev–Trinajstić information content (AvgIpc) is 3.34. The minimum Gasteiger partial charge on any atom is -0.377 e. The van der Waals surface area contributed by atoms with Crippen LogP contribution in [0.25, 0.3) is 0 Å². The summed E-state index contributed by atoms with van der Waals surface area (Å²) in [6.45, 7) is 4.60. The van der Waals surface area contributed by atoms with Crippen LogP contribution in [0, 0.1) is 11.8 Å². The van der Waals surface area contributed by atoms with Crippen molar-refractivity contribution in [1.82, 2.24) is 15.4 Å². The van der Waals surface area contributed by atoms with Crippen molar-refractivity contribution in [2.75, 3.05) is 32.8 Å². The second-order valence-corrected chi connectivity index (χ2v) is 7.76. The number of rotatable bonds is 4. The first-order chi connectivity index (χ1) is 12.3. The van der Waals surface area contributed by atoms with E-state index in [1.165, 1.54) is 12.8 Å². The Labute approximate surface area is 149 Å². The Kier molecular flexibility index (Phi) is 5.36. The maximum absolute atomic E-state index is 13.0. The third-order valence-corrected chi connectivity index (χ3v) is 6.23. The van der Waals surface area contributed by atoms with Crippen molar-refractivity contribution in [3.05, 3.63) is 18.0 Å². The Balaban J connectivity index is 1.31. The molecule has 3 aliphatic rings. The van der Waals surface area contributed by atoms with E-state index in [0.29, 0.717) is 17.7 Å². The van der Waals surface area contributed by atoms with Crippen molar-refractivity contribution in [3.63, 3.8) is 0 Å². The van der Waals surface area contributed by atoms with Gasteiger partial charge in [0.25, 0.3) is 0 Å². The zero-order chi connectivity index (χ0) is 17.1. The number of hydrogen-bond donors (Lipinski definition) is 1. The van der Waals surface area contributed by atoms with Crippen molar-refractivity contribution in [2.24, 2.45) is 11.8 Å². The lowest BCUT2D eigenvalue weighted by Crippen LogP contribution is -2.44. The van der Waals surface area contributed by atoms with Gasteiger partial charge in [0.2, 0.25) is 5.91 Å². The molecule has 25 heavy (non-hydrogen) atoms. The Morgan fingerprint density at radius 1 is 1.20 bits per heavy atom. The summed E-state index contributed by atoms with van der Waals surface area (Å²) in [6, 6.07) is 1.95. The van der Waals surface area contributed by atoms with Gasteiger partial charge in [-0.15, -0.1) is 0 Å². The lowest BCUT2D eigenvalue weighted by atomic mass is 9.86. The Bertz CT molecular complexity index is 548. The van der Waals surface area contributed by atoms with E-state index in [2.05, 4.69) is 15.4 Å². The van der Waals surface area contributed by atoms with Crippen LogP contribution in [0.3, 0.4) is 0 Å². The topological polar surface area (TPSA) is 67.6 Å². The van der Waals surface area contributed by atoms with Crippen LogP contribution in [0.1, 0.15) is 50.1 Å². The van der Waals surface area contributed by atoms with Crippen LogP contribution in [0.2, 0.25) is 0 Å². The van der Waals surface area contributed by atoms with Crippen LogP contribution in [-0.4, -0.2) is 54.9 Å². The quantitative estimate of drug-likeness (QED) is 0.904. The van der Waals surface area contributed by atoms with Crippen LogP contribution in [0.4, 0.5) is 0 Å². The third kappa shape index (κ3) is 3.90. The van der Waals surface area contributed by atoms with Crippen LogP contribution < -0.4 is 5.32 Å². The highest BCUT2D eigenvalue weighted by molar-refractivity contribution is 5.79. The summed E-state index contributed by atoms with van der Waals surface area (Å²) in [5, 5.41) is 7.47. The number of ether oxygens (including phenoxy) is 1. The van der Waals surface area contributed by atoms with Gasteiger partial charge in [0, 0.05) is 31.7 Å². The predicted molar refractivity (Wildman–Crippen MR) is 93.1 cm³/mol. The number of carbonyl (C=O) groups is 1. The van der Waals surface area contributed by atoms with Gasteiger partial charge in [-0.1, -0.05) is 5.16 Å². The molecule has 0 aliphatic carbocycles. The maximum Gasteiger partial charge on any atom is 0.228 e. The molecule has 1 aromatic heterocycles. The summed E-state index contributed by atoms with van der Waals surface area (Å²) in [4.78, 5) is 15.1. The molecule has 4 heterocycles. The number of carbonyl (C=O) groups excluding carboxylic acids is 1. The number of amides is 1. The minimum absolute atomic E-state index is 0.0680. The van der Waals surface area contributed by atoms with E-state index >= 15 is 0 Å². The van der Waals surface area contributed by atoms with Gasteiger partial charge in [-0.3, -0.25) is 4.79 Å². The molecule has 6 heteroatoms. The van der Waals surface area contributed by atoms with E-state index in [0.717, 1.165) is 64.2 Å². The summed E-state index contributed by atoms with van der Waals surface area (Å²) >= 11 is 0. The molecule has 0 spiro atoms. The van der Waals surface area contributed by atoms with Gasteiger partial charge < -0.3 is 19.5 Å². The molecular weight excluding hydrogens is 318 g/mol.